The molecule has 0 saturated heterocycles. The van der Waals surface area contributed by atoms with Gasteiger partial charge in [0.25, 0.3) is 0 Å². The Morgan fingerprint density at radius 1 is 1.60 bits per heavy atom. The van der Waals surface area contributed by atoms with E-state index < -0.39 is 5.97 Å². The smallest absolute Gasteiger partial charge is 0.335 e. The van der Waals surface area contributed by atoms with Crippen molar-refractivity contribution in [2.75, 3.05) is 13.6 Å². The summed E-state index contributed by atoms with van der Waals surface area (Å²) in [6.45, 7) is 0.747. The maximum absolute atomic E-state index is 10.6. The van der Waals surface area contributed by atoms with Gasteiger partial charge in [-0.25, -0.2) is 4.79 Å². The van der Waals surface area contributed by atoms with Crippen LogP contribution in [0.3, 0.4) is 0 Å². The Bertz CT molecular complexity index is 388. The molecule has 1 rings (SSSR count). The summed E-state index contributed by atoms with van der Waals surface area (Å²) < 4.78 is 0. The second-order valence-corrected chi connectivity index (χ2v) is 3.41. The fourth-order valence-electron chi connectivity index (χ4n) is 1.10. The number of aromatic carboxylic acids is 1. The minimum Gasteiger partial charge on any atom is -0.478 e. The van der Waals surface area contributed by atoms with Gasteiger partial charge >= 0.3 is 5.97 Å². The first kappa shape index (κ1) is 11.8. The third-order valence-electron chi connectivity index (χ3n) is 1.87. The summed E-state index contributed by atoms with van der Waals surface area (Å²) in [6, 6.07) is 4.67. The van der Waals surface area contributed by atoms with Crippen molar-refractivity contribution in [2.24, 2.45) is 0 Å². The standard InChI is InChI=1S/C11H12ClNO2/c1-13-6-2-3-8-4-5-9(11(14)15)7-10(8)12/h2-5,7,13H,6H2,1H3,(H,14,15). The molecule has 2 N–H and O–H groups in total. The highest BCUT2D eigenvalue weighted by molar-refractivity contribution is 6.32. The van der Waals surface area contributed by atoms with Crippen LogP contribution in [0.4, 0.5) is 0 Å². The van der Waals surface area contributed by atoms with Crippen LogP contribution in [-0.2, 0) is 0 Å². The molecule has 0 atom stereocenters. The van der Waals surface area contributed by atoms with E-state index in [2.05, 4.69) is 5.32 Å². The number of rotatable bonds is 4. The number of hydrogen-bond acceptors (Lipinski definition) is 2. The van der Waals surface area contributed by atoms with Gasteiger partial charge in [-0.3, -0.25) is 0 Å². The van der Waals surface area contributed by atoms with E-state index in [0.29, 0.717) is 5.02 Å². The summed E-state index contributed by atoms with van der Waals surface area (Å²) in [4.78, 5) is 10.6. The number of carboxylic acid groups (broad SMARTS) is 1. The summed E-state index contributed by atoms with van der Waals surface area (Å²) in [7, 11) is 1.85. The molecular formula is C11H12ClNO2. The quantitative estimate of drug-likeness (QED) is 0.827. The highest BCUT2D eigenvalue weighted by atomic mass is 35.5. The zero-order valence-electron chi connectivity index (χ0n) is 8.33. The summed E-state index contributed by atoms with van der Waals surface area (Å²) in [5.41, 5.74) is 1.02. The lowest BCUT2D eigenvalue weighted by Crippen LogP contribution is -2.03. The van der Waals surface area contributed by atoms with Crippen LogP contribution in [0.15, 0.2) is 24.3 Å². The number of likely N-dealkylation sites (N-methyl/N-ethyl adjacent to an activating group) is 1. The maximum atomic E-state index is 10.6. The number of hydrogen-bond donors (Lipinski definition) is 2. The molecule has 0 spiro atoms. The van der Waals surface area contributed by atoms with Crippen LogP contribution < -0.4 is 5.32 Å². The summed E-state index contributed by atoms with van der Waals surface area (Å²) in [5.74, 6) is -0.970. The maximum Gasteiger partial charge on any atom is 0.335 e. The molecule has 0 fully saturated rings. The van der Waals surface area contributed by atoms with E-state index >= 15 is 0 Å². The van der Waals surface area contributed by atoms with Crippen molar-refractivity contribution < 1.29 is 9.90 Å². The first-order valence-corrected chi connectivity index (χ1v) is 4.87. The van der Waals surface area contributed by atoms with Crippen molar-refractivity contribution in [2.45, 2.75) is 0 Å². The zero-order valence-corrected chi connectivity index (χ0v) is 9.08. The van der Waals surface area contributed by atoms with E-state index in [4.69, 9.17) is 16.7 Å². The van der Waals surface area contributed by atoms with Crippen molar-refractivity contribution in [3.8, 4) is 0 Å². The SMILES string of the molecule is CNCC=Cc1ccc(C(=O)O)cc1Cl. The van der Waals surface area contributed by atoms with E-state index in [-0.39, 0.29) is 5.56 Å². The highest BCUT2D eigenvalue weighted by Gasteiger charge is 2.04. The Labute approximate surface area is 93.4 Å². The van der Waals surface area contributed by atoms with Gasteiger partial charge in [0, 0.05) is 11.6 Å². The van der Waals surface area contributed by atoms with Crippen LogP contribution in [0, 0.1) is 0 Å². The molecule has 1 aromatic carbocycles. The Morgan fingerprint density at radius 2 is 2.33 bits per heavy atom. The summed E-state index contributed by atoms with van der Waals surface area (Å²) in [6.07, 6.45) is 3.77. The monoisotopic (exact) mass is 225 g/mol. The van der Waals surface area contributed by atoms with Gasteiger partial charge in [0.15, 0.2) is 0 Å². The molecule has 0 radical (unpaired) electrons. The van der Waals surface area contributed by atoms with E-state index in [1.165, 1.54) is 12.1 Å². The van der Waals surface area contributed by atoms with Crippen molar-refractivity contribution >= 4 is 23.6 Å². The highest BCUT2D eigenvalue weighted by Crippen LogP contribution is 2.19. The number of carbonyl (C=O) groups is 1. The Kier molecular flexibility index (Phi) is 4.34. The van der Waals surface area contributed by atoms with Gasteiger partial charge in [0.05, 0.1) is 5.56 Å². The Hall–Kier alpha value is -1.32. The van der Waals surface area contributed by atoms with Gasteiger partial charge in [-0.15, -0.1) is 0 Å². The van der Waals surface area contributed by atoms with Gasteiger partial charge in [0.1, 0.15) is 0 Å². The average Bonchev–Trinajstić information content (AvgIpc) is 2.20. The van der Waals surface area contributed by atoms with Gasteiger partial charge in [-0.2, -0.15) is 0 Å². The molecule has 80 valence electrons. The predicted molar refractivity (Wildman–Crippen MR) is 61.4 cm³/mol. The van der Waals surface area contributed by atoms with Gasteiger partial charge in [0.2, 0.25) is 0 Å². The van der Waals surface area contributed by atoms with Crippen molar-refractivity contribution in [3.05, 3.63) is 40.4 Å². The van der Waals surface area contributed by atoms with Crippen LogP contribution in [0.1, 0.15) is 15.9 Å². The molecule has 0 heterocycles. The predicted octanol–water partition coefficient (Wildman–Crippen LogP) is 2.27. The largest absolute Gasteiger partial charge is 0.478 e. The second kappa shape index (κ2) is 5.53. The molecule has 3 nitrogen and oxygen atoms in total. The summed E-state index contributed by atoms with van der Waals surface area (Å²) >= 11 is 5.92. The number of benzene rings is 1. The number of halogens is 1. The Balaban J connectivity index is 2.88. The number of carboxylic acids is 1. The van der Waals surface area contributed by atoms with E-state index in [9.17, 15) is 4.79 Å². The fraction of sp³-hybridized carbons (Fsp3) is 0.182. The molecule has 1 aromatic rings. The van der Waals surface area contributed by atoms with E-state index in [0.717, 1.165) is 12.1 Å². The van der Waals surface area contributed by atoms with Gasteiger partial charge < -0.3 is 10.4 Å². The molecule has 0 aromatic heterocycles. The normalized spacial score (nSPS) is 10.8. The molecular weight excluding hydrogens is 214 g/mol. The Morgan fingerprint density at radius 3 is 2.87 bits per heavy atom. The molecule has 0 aliphatic carbocycles. The molecule has 0 bridgehead atoms. The fourth-order valence-corrected chi connectivity index (χ4v) is 1.34. The molecule has 0 aliphatic rings. The molecule has 0 unspecified atom stereocenters. The van der Waals surface area contributed by atoms with Crippen LogP contribution in [0.25, 0.3) is 6.08 Å². The van der Waals surface area contributed by atoms with Gasteiger partial charge in [-0.05, 0) is 24.7 Å². The minimum atomic E-state index is -0.970. The van der Waals surface area contributed by atoms with Crippen molar-refractivity contribution in [1.29, 1.82) is 0 Å². The van der Waals surface area contributed by atoms with Crippen LogP contribution in [0.2, 0.25) is 5.02 Å². The summed E-state index contributed by atoms with van der Waals surface area (Å²) in [5, 5.41) is 12.1. The topological polar surface area (TPSA) is 49.3 Å². The van der Waals surface area contributed by atoms with Crippen LogP contribution in [0.5, 0.6) is 0 Å². The van der Waals surface area contributed by atoms with Gasteiger partial charge in [-0.1, -0.05) is 29.8 Å². The lowest BCUT2D eigenvalue weighted by molar-refractivity contribution is 0.0697. The lowest BCUT2D eigenvalue weighted by atomic mass is 10.1. The van der Waals surface area contributed by atoms with Crippen LogP contribution in [-0.4, -0.2) is 24.7 Å². The molecule has 0 amide bonds. The first-order chi connectivity index (χ1) is 7.15. The van der Waals surface area contributed by atoms with Crippen LogP contribution >= 0.6 is 11.6 Å². The first-order valence-electron chi connectivity index (χ1n) is 4.49. The average molecular weight is 226 g/mol. The molecule has 0 aliphatic heterocycles. The minimum absolute atomic E-state index is 0.200. The zero-order chi connectivity index (χ0) is 11.3. The molecule has 4 heteroatoms. The second-order valence-electron chi connectivity index (χ2n) is 3.00. The van der Waals surface area contributed by atoms with E-state index in [1.54, 1.807) is 6.07 Å². The molecule has 0 saturated carbocycles. The third kappa shape index (κ3) is 3.38. The molecule has 15 heavy (non-hydrogen) atoms. The van der Waals surface area contributed by atoms with Crippen molar-refractivity contribution in [3.63, 3.8) is 0 Å². The van der Waals surface area contributed by atoms with E-state index in [1.807, 2.05) is 19.2 Å². The lowest BCUT2D eigenvalue weighted by Gasteiger charge is -2.00. The van der Waals surface area contributed by atoms with Crippen molar-refractivity contribution in [1.82, 2.24) is 5.32 Å². The third-order valence-corrected chi connectivity index (χ3v) is 2.19. The number of nitrogens with one attached hydrogen (secondary N) is 1.